The molecule has 0 aliphatic heterocycles. The highest BCUT2D eigenvalue weighted by Gasteiger charge is 2.08. The zero-order chi connectivity index (χ0) is 14.5. The van der Waals surface area contributed by atoms with Crippen LogP contribution in [0, 0.1) is 0 Å². The van der Waals surface area contributed by atoms with Crippen molar-refractivity contribution in [1.29, 1.82) is 0 Å². The normalized spacial score (nSPS) is 10.3. The van der Waals surface area contributed by atoms with Crippen molar-refractivity contribution in [3.63, 3.8) is 0 Å². The lowest BCUT2D eigenvalue weighted by Gasteiger charge is -2.08. The van der Waals surface area contributed by atoms with E-state index >= 15 is 0 Å². The molecule has 0 unspecified atom stereocenters. The minimum absolute atomic E-state index is 0.194. The molecule has 0 N–H and O–H groups in total. The van der Waals surface area contributed by atoms with Gasteiger partial charge in [0.2, 0.25) is 10.5 Å². The Labute approximate surface area is 127 Å². The number of halogens is 2. The summed E-state index contributed by atoms with van der Waals surface area (Å²) in [5, 5.41) is -0.771. The molecule has 2 rings (SSSR count). The summed E-state index contributed by atoms with van der Waals surface area (Å²) >= 11 is 10.8. The van der Waals surface area contributed by atoms with Crippen LogP contribution in [0.15, 0.2) is 48.5 Å². The van der Waals surface area contributed by atoms with E-state index in [-0.39, 0.29) is 23.3 Å². The van der Waals surface area contributed by atoms with Crippen molar-refractivity contribution in [2.75, 3.05) is 0 Å². The lowest BCUT2D eigenvalue weighted by Crippen LogP contribution is -1.97. The van der Waals surface area contributed by atoms with Gasteiger partial charge in [-0.05, 0) is 45.5 Å². The van der Waals surface area contributed by atoms with E-state index in [0.717, 1.165) is 22.3 Å². The zero-order valence-electron chi connectivity index (χ0n) is 10.6. The minimum atomic E-state index is -0.387. The first kappa shape index (κ1) is 14.8. The largest absolute Gasteiger partial charge is 0.281 e. The molecular weight excluding hydrogens is 295 g/mol. The predicted octanol–water partition coefficient (Wildman–Crippen LogP) is 3.97. The van der Waals surface area contributed by atoms with Gasteiger partial charge in [0.05, 0.1) is 0 Å². The molecular formula is C16H12Cl2O2. The minimum Gasteiger partial charge on any atom is -0.281 e. The Balaban J connectivity index is 2.31. The molecule has 20 heavy (non-hydrogen) atoms. The van der Waals surface area contributed by atoms with Crippen molar-refractivity contribution in [2.24, 2.45) is 0 Å². The Morgan fingerprint density at radius 2 is 1.40 bits per heavy atom. The van der Waals surface area contributed by atoms with Gasteiger partial charge in [-0.1, -0.05) is 48.5 Å². The molecule has 0 radical (unpaired) electrons. The van der Waals surface area contributed by atoms with Gasteiger partial charge in [-0.15, -0.1) is 0 Å². The van der Waals surface area contributed by atoms with Crippen LogP contribution in [0.5, 0.6) is 0 Å². The molecule has 0 heterocycles. The van der Waals surface area contributed by atoms with Crippen LogP contribution in [-0.4, -0.2) is 10.5 Å². The molecule has 2 aromatic carbocycles. The molecule has 0 spiro atoms. The van der Waals surface area contributed by atoms with Crippen molar-refractivity contribution in [1.82, 2.24) is 0 Å². The van der Waals surface area contributed by atoms with Crippen LogP contribution in [0.4, 0.5) is 0 Å². The second-order valence-corrected chi connectivity index (χ2v) is 5.26. The fraction of sp³-hybridized carbons (Fsp3) is 0.125. The number of benzene rings is 2. The average molecular weight is 307 g/mol. The maximum atomic E-state index is 11.1. The summed E-state index contributed by atoms with van der Waals surface area (Å²) in [6, 6.07) is 15.1. The van der Waals surface area contributed by atoms with Crippen molar-refractivity contribution in [3.8, 4) is 11.1 Å². The first-order valence-corrected chi connectivity index (χ1v) is 6.86. The summed E-state index contributed by atoms with van der Waals surface area (Å²) in [6.45, 7) is 0. The van der Waals surface area contributed by atoms with Crippen molar-refractivity contribution >= 4 is 33.7 Å². The third-order valence-corrected chi connectivity index (χ3v) is 3.22. The molecule has 4 heteroatoms. The first-order valence-electron chi connectivity index (χ1n) is 6.10. The number of hydrogen-bond acceptors (Lipinski definition) is 2. The highest BCUT2D eigenvalue weighted by molar-refractivity contribution is 6.64. The second-order valence-electron chi connectivity index (χ2n) is 4.42. The molecule has 0 saturated heterocycles. The van der Waals surface area contributed by atoms with Crippen LogP contribution < -0.4 is 0 Å². The Kier molecular flexibility index (Phi) is 4.94. The zero-order valence-corrected chi connectivity index (χ0v) is 12.1. The first-order chi connectivity index (χ1) is 9.56. The van der Waals surface area contributed by atoms with Crippen LogP contribution >= 0.6 is 23.2 Å². The number of carbonyl (C=O) groups is 2. The molecule has 2 aromatic rings. The van der Waals surface area contributed by atoms with Gasteiger partial charge in [-0.3, -0.25) is 9.59 Å². The van der Waals surface area contributed by atoms with E-state index in [1.165, 1.54) is 0 Å². The Morgan fingerprint density at radius 1 is 0.800 bits per heavy atom. The van der Waals surface area contributed by atoms with Crippen molar-refractivity contribution in [2.45, 2.75) is 12.8 Å². The van der Waals surface area contributed by atoms with Crippen LogP contribution in [-0.2, 0) is 22.4 Å². The molecule has 0 fully saturated rings. The number of hydrogen-bond donors (Lipinski definition) is 0. The third kappa shape index (κ3) is 3.92. The van der Waals surface area contributed by atoms with E-state index in [4.69, 9.17) is 23.2 Å². The smallest absolute Gasteiger partial charge is 0.226 e. The van der Waals surface area contributed by atoms with Gasteiger partial charge in [-0.25, -0.2) is 0 Å². The van der Waals surface area contributed by atoms with Crippen molar-refractivity contribution in [3.05, 3.63) is 59.7 Å². The fourth-order valence-electron chi connectivity index (χ4n) is 2.07. The van der Waals surface area contributed by atoms with E-state index < -0.39 is 0 Å². The van der Waals surface area contributed by atoms with Crippen LogP contribution in [0.1, 0.15) is 11.1 Å². The molecule has 102 valence electrons. The lowest BCUT2D eigenvalue weighted by molar-refractivity contribution is -0.111. The third-order valence-electron chi connectivity index (χ3n) is 2.95. The second kappa shape index (κ2) is 6.69. The van der Waals surface area contributed by atoms with E-state index in [2.05, 4.69) is 0 Å². The molecule has 0 aromatic heterocycles. The summed E-state index contributed by atoms with van der Waals surface area (Å²) in [6.07, 6.45) is 0.406. The molecule has 2 nitrogen and oxygen atoms in total. The quantitative estimate of drug-likeness (QED) is 0.783. The average Bonchev–Trinajstić information content (AvgIpc) is 2.39. The Morgan fingerprint density at radius 3 is 2.00 bits per heavy atom. The van der Waals surface area contributed by atoms with Gasteiger partial charge in [0.15, 0.2) is 0 Å². The summed E-state index contributed by atoms with van der Waals surface area (Å²) in [5.74, 6) is 0. The van der Waals surface area contributed by atoms with E-state index in [9.17, 15) is 9.59 Å². The Bertz CT molecular complexity index is 633. The highest BCUT2D eigenvalue weighted by atomic mass is 35.5. The number of carbonyl (C=O) groups excluding carboxylic acids is 2. The highest BCUT2D eigenvalue weighted by Crippen LogP contribution is 2.25. The van der Waals surface area contributed by atoms with Gasteiger partial charge in [-0.2, -0.15) is 0 Å². The van der Waals surface area contributed by atoms with Crippen molar-refractivity contribution < 1.29 is 9.59 Å². The predicted molar refractivity (Wildman–Crippen MR) is 81.0 cm³/mol. The monoisotopic (exact) mass is 306 g/mol. The van der Waals surface area contributed by atoms with E-state index in [0.29, 0.717) is 0 Å². The maximum Gasteiger partial charge on any atom is 0.226 e. The molecule has 0 amide bonds. The molecule has 0 aliphatic carbocycles. The standard InChI is InChI=1S/C16H12Cl2O2/c17-15(19)9-11-5-7-12(8-6-11)14-4-2-1-3-13(14)10-16(18)20/h1-8H,9-10H2. The summed E-state index contributed by atoms with van der Waals surface area (Å²) in [7, 11) is 0. The molecule has 0 bridgehead atoms. The Hall–Kier alpha value is -1.64. The fourth-order valence-corrected chi connectivity index (χ4v) is 2.37. The van der Waals surface area contributed by atoms with E-state index in [1.54, 1.807) is 0 Å². The van der Waals surface area contributed by atoms with Gasteiger partial charge >= 0.3 is 0 Å². The van der Waals surface area contributed by atoms with Crippen LogP contribution in [0.2, 0.25) is 0 Å². The lowest BCUT2D eigenvalue weighted by atomic mass is 9.97. The maximum absolute atomic E-state index is 11.1. The van der Waals surface area contributed by atoms with Gasteiger partial charge in [0, 0.05) is 12.8 Å². The number of rotatable bonds is 5. The molecule has 0 aliphatic rings. The topological polar surface area (TPSA) is 34.1 Å². The van der Waals surface area contributed by atoms with Gasteiger partial charge in [0.1, 0.15) is 0 Å². The summed E-state index contributed by atoms with van der Waals surface area (Å²) in [4.78, 5) is 21.9. The summed E-state index contributed by atoms with van der Waals surface area (Å²) in [5.41, 5.74) is 3.68. The van der Waals surface area contributed by atoms with Gasteiger partial charge in [0.25, 0.3) is 0 Å². The molecule has 0 saturated carbocycles. The van der Waals surface area contributed by atoms with Crippen LogP contribution in [0.3, 0.4) is 0 Å². The summed E-state index contributed by atoms with van der Waals surface area (Å²) < 4.78 is 0. The van der Waals surface area contributed by atoms with Crippen LogP contribution in [0.25, 0.3) is 11.1 Å². The van der Waals surface area contributed by atoms with Gasteiger partial charge < -0.3 is 0 Å². The SMILES string of the molecule is O=C(Cl)Cc1ccc(-c2ccccc2CC(=O)Cl)cc1. The molecule has 0 atom stereocenters. The van der Waals surface area contributed by atoms with E-state index in [1.807, 2.05) is 48.5 Å².